The van der Waals surface area contributed by atoms with Gasteiger partial charge in [-0.1, -0.05) is 30.0 Å². The van der Waals surface area contributed by atoms with Crippen molar-refractivity contribution in [3.05, 3.63) is 30.3 Å². The summed E-state index contributed by atoms with van der Waals surface area (Å²) in [5, 5.41) is 12.3. The lowest BCUT2D eigenvalue weighted by Crippen LogP contribution is -2.32. The van der Waals surface area contributed by atoms with E-state index in [2.05, 4.69) is 37.1 Å². The Balaban J connectivity index is 1.33. The van der Waals surface area contributed by atoms with E-state index >= 15 is 0 Å². The summed E-state index contributed by atoms with van der Waals surface area (Å²) in [4.78, 5) is 14.2. The average Bonchev–Trinajstić information content (AvgIpc) is 3.37. The first kappa shape index (κ1) is 16.4. The van der Waals surface area contributed by atoms with Gasteiger partial charge in [0.1, 0.15) is 0 Å². The smallest absolute Gasteiger partial charge is 0.232 e. The van der Waals surface area contributed by atoms with Gasteiger partial charge in [-0.25, -0.2) is 0 Å². The summed E-state index contributed by atoms with van der Waals surface area (Å²) in [6.07, 6.45) is 2.28. The summed E-state index contributed by atoms with van der Waals surface area (Å²) in [7, 11) is 0. The number of fused-ring (bicyclic) bond motifs is 1. The van der Waals surface area contributed by atoms with E-state index < -0.39 is 0 Å². The molecule has 0 spiro atoms. The Labute approximate surface area is 150 Å². The second-order valence-corrected chi connectivity index (χ2v) is 7.09. The first-order valence-electron chi connectivity index (χ1n) is 8.58. The maximum atomic E-state index is 12.0. The van der Waals surface area contributed by atoms with E-state index in [-0.39, 0.29) is 12.0 Å². The van der Waals surface area contributed by atoms with Crippen LogP contribution in [0.3, 0.4) is 0 Å². The average molecular weight is 359 g/mol. The molecular weight excluding hydrogens is 338 g/mol. The fourth-order valence-electron chi connectivity index (χ4n) is 3.15. The summed E-state index contributed by atoms with van der Waals surface area (Å²) in [5.41, 5.74) is 1.11. The van der Waals surface area contributed by atoms with E-state index in [9.17, 15) is 4.79 Å². The van der Waals surface area contributed by atoms with Gasteiger partial charge in [-0.3, -0.25) is 9.36 Å². The van der Waals surface area contributed by atoms with Crippen LogP contribution < -0.4 is 10.2 Å². The fraction of sp³-hybridized carbons (Fsp3) is 0.471. The summed E-state index contributed by atoms with van der Waals surface area (Å²) >= 11 is 1.43. The molecule has 1 fully saturated rings. The SMILES string of the molecule is O=C(CSc1nnc2n1CCN2c1ccccc1)NC[C@H]1CCCO1. The van der Waals surface area contributed by atoms with Crippen molar-refractivity contribution in [2.24, 2.45) is 0 Å². The number of hydrogen-bond acceptors (Lipinski definition) is 6. The molecule has 7 nitrogen and oxygen atoms in total. The Morgan fingerprint density at radius 3 is 2.96 bits per heavy atom. The number of anilines is 2. The largest absolute Gasteiger partial charge is 0.376 e. The number of benzene rings is 1. The number of hydrogen-bond donors (Lipinski definition) is 1. The second kappa shape index (κ2) is 7.45. The van der Waals surface area contributed by atoms with E-state index in [1.165, 1.54) is 11.8 Å². The Bertz CT molecular complexity index is 730. The molecule has 8 heteroatoms. The highest BCUT2D eigenvalue weighted by Gasteiger charge is 2.26. The van der Waals surface area contributed by atoms with Crippen molar-refractivity contribution in [3.8, 4) is 0 Å². The van der Waals surface area contributed by atoms with E-state index in [1.54, 1.807) is 0 Å². The second-order valence-electron chi connectivity index (χ2n) is 6.15. The van der Waals surface area contributed by atoms with Gasteiger partial charge in [-0.05, 0) is 25.0 Å². The minimum atomic E-state index is 0.00997. The highest BCUT2D eigenvalue weighted by atomic mass is 32.2. The molecule has 2 aliphatic rings. The predicted molar refractivity (Wildman–Crippen MR) is 96.2 cm³/mol. The summed E-state index contributed by atoms with van der Waals surface area (Å²) in [5.74, 6) is 1.19. The van der Waals surface area contributed by atoms with Crippen molar-refractivity contribution >= 4 is 29.3 Å². The zero-order valence-electron chi connectivity index (χ0n) is 13.9. The Kier molecular flexibility index (Phi) is 4.89. The third-order valence-corrected chi connectivity index (χ3v) is 5.40. The van der Waals surface area contributed by atoms with Crippen LogP contribution in [-0.2, 0) is 16.1 Å². The molecular formula is C17H21N5O2S. The van der Waals surface area contributed by atoms with Crippen molar-refractivity contribution in [1.82, 2.24) is 20.1 Å². The van der Waals surface area contributed by atoms with Gasteiger partial charge in [-0.2, -0.15) is 0 Å². The monoisotopic (exact) mass is 359 g/mol. The van der Waals surface area contributed by atoms with Crippen LogP contribution >= 0.6 is 11.8 Å². The maximum Gasteiger partial charge on any atom is 0.232 e. The van der Waals surface area contributed by atoms with Crippen LogP contribution in [0, 0.1) is 0 Å². The van der Waals surface area contributed by atoms with Gasteiger partial charge in [0.25, 0.3) is 0 Å². The lowest BCUT2D eigenvalue weighted by atomic mass is 10.2. The Morgan fingerprint density at radius 2 is 2.16 bits per heavy atom. The molecule has 4 rings (SSSR count). The molecule has 1 aromatic carbocycles. The van der Waals surface area contributed by atoms with E-state index in [4.69, 9.17) is 4.74 Å². The Morgan fingerprint density at radius 1 is 1.28 bits per heavy atom. The van der Waals surface area contributed by atoms with Crippen molar-refractivity contribution in [2.75, 3.05) is 30.3 Å². The van der Waals surface area contributed by atoms with Crippen LogP contribution in [0.15, 0.2) is 35.5 Å². The van der Waals surface area contributed by atoms with Gasteiger partial charge in [0.2, 0.25) is 11.9 Å². The fourth-order valence-corrected chi connectivity index (χ4v) is 3.94. The zero-order chi connectivity index (χ0) is 17.1. The first-order valence-corrected chi connectivity index (χ1v) is 9.57. The molecule has 0 saturated carbocycles. The molecule has 0 bridgehead atoms. The molecule has 0 unspecified atom stereocenters. The number of aromatic nitrogens is 3. The minimum absolute atomic E-state index is 0.00997. The molecule has 132 valence electrons. The molecule has 2 aliphatic heterocycles. The van der Waals surface area contributed by atoms with Gasteiger partial charge in [0.05, 0.1) is 11.9 Å². The molecule has 0 aliphatic carbocycles. The lowest BCUT2D eigenvalue weighted by molar-refractivity contribution is -0.119. The zero-order valence-corrected chi connectivity index (χ0v) is 14.7. The van der Waals surface area contributed by atoms with E-state index in [1.807, 2.05) is 18.2 Å². The molecule has 3 heterocycles. The molecule has 1 atom stereocenters. The number of carbonyl (C=O) groups is 1. The molecule has 1 saturated heterocycles. The van der Waals surface area contributed by atoms with E-state index in [0.29, 0.717) is 12.3 Å². The summed E-state index contributed by atoms with van der Waals surface area (Å²) < 4.78 is 7.59. The van der Waals surface area contributed by atoms with Crippen molar-refractivity contribution in [3.63, 3.8) is 0 Å². The number of nitrogens with zero attached hydrogens (tertiary/aromatic N) is 4. The quantitative estimate of drug-likeness (QED) is 0.793. The van der Waals surface area contributed by atoms with Crippen LogP contribution in [0.4, 0.5) is 11.6 Å². The van der Waals surface area contributed by atoms with Crippen LogP contribution in [0.2, 0.25) is 0 Å². The van der Waals surface area contributed by atoms with E-state index in [0.717, 1.165) is 49.3 Å². The highest BCUT2D eigenvalue weighted by Crippen LogP contribution is 2.31. The number of nitrogens with one attached hydrogen (secondary N) is 1. The number of ether oxygens (including phenoxy) is 1. The van der Waals surface area contributed by atoms with Crippen LogP contribution in [0.25, 0.3) is 0 Å². The van der Waals surface area contributed by atoms with Crippen molar-refractivity contribution < 1.29 is 9.53 Å². The van der Waals surface area contributed by atoms with Gasteiger partial charge in [0, 0.05) is 31.9 Å². The third kappa shape index (κ3) is 3.64. The van der Waals surface area contributed by atoms with Crippen LogP contribution in [0.1, 0.15) is 12.8 Å². The van der Waals surface area contributed by atoms with Crippen LogP contribution in [-0.4, -0.2) is 52.2 Å². The minimum Gasteiger partial charge on any atom is -0.376 e. The maximum absolute atomic E-state index is 12.0. The molecule has 2 aromatic rings. The molecule has 0 radical (unpaired) electrons. The predicted octanol–water partition coefficient (Wildman–Crippen LogP) is 1.82. The number of amides is 1. The van der Waals surface area contributed by atoms with Crippen molar-refractivity contribution in [1.29, 1.82) is 0 Å². The highest BCUT2D eigenvalue weighted by molar-refractivity contribution is 7.99. The third-order valence-electron chi connectivity index (χ3n) is 4.44. The standard InChI is InChI=1S/C17H21N5O2S/c23-15(18-11-14-7-4-10-24-14)12-25-17-20-19-16-21(8-9-22(16)17)13-5-2-1-3-6-13/h1-3,5-6,14H,4,7-12H2,(H,18,23)/t14-/m1/s1. The molecule has 1 aromatic heterocycles. The number of para-hydroxylation sites is 1. The number of thioether (sulfide) groups is 1. The van der Waals surface area contributed by atoms with Crippen LogP contribution in [0.5, 0.6) is 0 Å². The topological polar surface area (TPSA) is 72.3 Å². The van der Waals surface area contributed by atoms with Crippen molar-refractivity contribution in [2.45, 2.75) is 30.6 Å². The molecule has 1 N–H and O–H groups in total. The number of rotatable bonds is 6. The summed E-state index contributed by atoms with van der Waals surface area (Å²) in [6.45, 7) is 3.10. The molecule has 1 amide bonds. The van der Waals surface area contributed by atoms with Gasteiger partial charge < -0.3 is 15.0 Å². The Hall–Kier alpha value is -2.06. The lowest BCUT2D eigenvalue weighted by Gasteiger charge is -2.14. The molecule has 25 heavy (non-hydrogen) atoms. The van der Waals surface area contributed by atoms with Gasteiger partial charge in [0.15, 0.2) is 5.16 Å². The van der Waals surface area contributed by atoms with Gasteiger partial charge >= 0.3 is 0 Å². The van der Waals surface area contributed by atoms with Gasteiger partial charge in [-0.15, -0.1) is 10.2 Å². The normalized spacial score (nSPS) is 19.2. The first-order chi connectivity index (χ1) is 12.3. The summed E-state index contributed by atoms with van der Waals surface area (Å²) in [6, 6.07) is 10.2. The number of carbonyl (C=O) groups excluding carboxylic acids is 1.